The van der Waals surface area contributed by atoms with E-state index in [1.54, 1.807) is 6.26 Å². The van der Waals surface area contributed by atoms with E-state index < -0.39 is 0 Å². The highest BCUT2D eigenvalue weighted by Crippen LogP contribution is 2.37. The third-order valence-electron chi connectivity index (χ3n) is 2.38. The van der Waals surface area contributed by atoms with Crippen molar-refractivity contribution in [1.82, 2.24) is 0 Å². The average molecular weight is 215 g/mol. The largest absolute Gasteiger partial charge is 0.472 e. The lowest BCUT2D eigenvalue weighted by Gasteiger charge is -2.03. The van der Waals surface area contributed by atoms with Gasteiger partial charge in [0.15, 0.2) is 0 Å². The molecule has 0 N–H and O–H groups in total. The van der Waals surface area contributed by atoms with Crippen LogP contribution in [-0.4, -0.2) is 4.83 Å². The molecule has 1 saturated carbocycles. The number of rotatable bonds is 1. The zero-order valence-corrected chi connectivity index (χ0v) is 7.88. The highest BCUT2D eigenvalue weighted by Gasteiger charge is 2.24. The fraction of sp³-hybridized carbons (Fsp3) is 0.556. The fourth-order valence-corrected chi connectivity index (χ4v) is 2.45. The number of furan rings is 1. The molecule has 60 valence electrons. The molecular weight excluding hydrogens is 204 g/mol. The van der Waals surface area contributed by atoms with Gasteiger partial charge in [-0.1, -0.05) is 15.9 Å². The molecule has 0 bridgehead atoms. The Bertz CT molecular complexity index is 217. The molecule has 2 heteroatoms. The van der Waals surface area contributed by atoms with E-state index in [1.807, 2.05) is 6.26 Å². The lowest BCUT2D eigenvalue weighted by atomic mass is 10.0. The van der Waals surface area contributed by atoms with Crippen molar-refractivity contribution >= 4 is 15.9 Å². The first-order chi connectivity index (χ1) is 5.36. The summed E-state index contributed by atoms with van der Waals surface area (Å²) in [4.78, 5) is 0.724. The molecule has 1 nitrogen and oxygen atoms in total. The molecule has 0 aliphatic heterocycles. The predicted octanol–water partition coefficient (Wildman–Crippen LogP) is 3.31. The summed E-state index contributed by atoms with van der Waals surface area (Å²) in [6.07, 6.45) is 7.50. The van der Waals surface area contributed by atoms with Crippen LogP contribution < -0.4 is 0 Å². The molecule has 0 amide bonds. The van der Waals surface area contributed by atoms with Crippen molar-refractivity contribution in [2.24, 2.45) is 0 Å². The zero-order chi connectivity index (χ0) is 7.68. The van der Waals surface area contributed by atoms with Gasteiger partial charge in [-0.05, 0) is 36.8 Å². The molecule has 2 atom stereocenters. The van der Waals surface area contributed by atoms with Gasteiger partial charge in [0.2, 0.25) is 0 Å². The predicted molar refractivity (Wildman–Crippen MR) is 48.0 cm³/mol. The Labute approximate surface area is 74.9 Å². The number of hydrogen-bond donors (Lipinski definition) is 0. The normalized spacial score (nSPS) is 31.0. The zero-order valence-electron chi connectivity index (χ0n) is 6.29. The third kappa shape index (κ3) is 1.51. The van der Waals surface area contributed by atoms with E-state index in [9.17, 15) is 0 Å². The standard InChI is InChI=1S/C9H11BrO/c10-9-2-1-7(5-9)8-3-4-11-6-8/h3-4,6-7,9H,1-2,5H2. The fourth-order valence-electron chi connectivity index (χ4n) is 1.74. The van der Waals surface area contributed by atoms with Gasteiger partial charge in [0.05, 0.1) is 12.5 Å². The molecular formula is C9H11BrO. The molecule has 0 radical (unpaired) electrons. The molecule has 2 rings (SSSR count). The third-order valence-corrected chi connectivity index (χ3v) is 3.21. The minimum atomic E-state index is 0.724. The van der Waals surface area contributed by atoms with E-state index in [0.717, 1.165) is 10.7 Å². The molecule has 0 spiro atoms. The van der Waals surface area contributed by atoms with Crippen LogP contribution in [0.2, 0.25) is 0 Å². The van der Waals surface area contributed by atoms with Gasteiger partial charge < -0.3 is 4.42 Å². The molecule has 1 aromatic rings. The summed E-state index contributed by atoms with van der Waals surface area (Å²) in [7, 11) is 0. The second kappa shape index (κ2) is 3.02. The van der Waals surface area contributed by atoms with Crippen molar-refractivity contribution in [2.45, 2.75) is 30.0 Å². The van der Waals surface area contributed by atoms with Crippen LogP contribution in [0.1, 0.15) is 30.7 Å². The highest BCUT2D eigenvalue weighted by molar-refractivity contribution is 9.09. The first-order valence-corrected chi connectivity index (χ1v) is 4.94. The summed E-state index contributed by atoms with van der Waals surface area (Å²) in [5.41, 5.74) is 1.37. The average Bonchev–Trinajstić information content (AvgIpc) is 2.55. The minimum Gasteiger partial charge on any atom is -0.472 e. The van der Waals surface area contributed by atoms with Crippen LogP contribution in [0.4, 0.5) is 0 Å². The molecule has 1 aliphatic rings. The van der Waals surface area contributed by atoms with Crippen molar-refractivity contribution in [2.75, 3.05) is 0 Å². The maximum absolute atomic E-state index is 5.05. The van der Waals surface area contributed by atoms with E-state index in [4.69, 9.17) is 4.42 Å². The summed E-state index contributed by atoms with van der Waals surface area (Å²) in [5, 5.41) is 0. The van der Waals surface area contributed by atoms with Crippen molar-refractivity contribution in [3.63, 3.8) is 0 Å². The smallest absolute Gasteiger partial charge is 0.0937 e. The van der Waals surface area contributed by atoms with E-state index in [1.165, 1.54) is 24.8 Å². The molecule has 11 heavy (non-hydrogen) atoms. The Kier molecular flexibility index (Phi) is 2.03. The van der Waals surface area contributed by atoms with Crippen LogP contribution in [0.25, 0.3) is 0 Å². The molecule has 1 fully saturated rings. The molecule has 2 unspecified atom stereocenters. The Morgan fingerprint density at radius 1 is 1.45 bits per heavy atom. The van der Waals surface area contributed by atoms with Crippen LogP contribution in [0.15, 0.2) is 23.0 Å². The molecule has 0 aromatic carbocycles. The second-order valence-electron chi connectivity index (χ2n) is 3.16. The summed E-state index contributed by atoms with van der Waals surface area (Å²) < 4.78 is 5.05. The molecule has 1 aliphatic carbocycles. The SMILES string of the molecule is BrC1CCC(c2ccoc2)C1. The highest BCUT2D eigenvalue weighted by atomic mass is 79.9. The van der Waals surface area contributed by atoms with Gasteiger partial charge in [-0.2, -0.15) is 0 Å². The van der Waals surface area contributed by atoms with Gasteiger partial charge in [-0.25, -0.2) is 0 Å². The van der Waals surface area contributed by atoms with Gasteiger partial charge >= 0.3 is 0 Å². The monoisotopic (exact) mass is 214 g/mol. The summed E-state index contributed by atoms with van der Waals surface area (Å²) in [6, 6.07) is 2.08. The summed E-state index contributed by atoms with van der Waals surface area (Å²) in [5.74, 6) is 0.734. The Balaban J connectivity index is 2.08. The van der Waals surface area contributed by atoms with Gasteiger partial charge in [0.25, 0.3) is 0 Å². The van der Waals surface area contributed by atoms with Crippen LogP contribution in [0, 0.1) is 0 Å². The van der Waals surface area contributed by atoms with Crippen LogP contribution in [-0.2, 0) is 0 Å². The van der Waals surface area contributed by atoms with Crippen LogP contribution in [0.5, 0.6) is 0 Å². The van der Waals surface area contributed by atoms with Gasteiger partial charge in [0.1, 0.15) is 0 Å². The minimum absolute atomic E-state index is 0.724. The van der Waals surface area contributed by atoms with Gasteiger partial charge in [-0.3, -0.25) is 0 Å². The Morgan fingerprint density at radius 2 is 2.36 bits per heavy atom. The first kappa shape index (κ1) is 7.41. The molecule has 1 aromatic heterocycles. The molecule has 1 heterocycles. The Hall–Kier alpha value is -0.240. The van der Waals surface area contributed by atoms with Gasteiger partial charge in [-0.15, -0.1) is 0 Å². The van der Waals surface area contributed by atoms with Crippen molar-refractivity contribution in [3.8, 4) is 0 Å². The summed E-state index contributed by atoms with van der Waals surface area (Å²) >= 11 is 3.63. The maximum atomic E-state index is 5.05. The van der Waals surface area contributed by atoms with E-state index in [2.05, 4.69) is 22.0 Å². The van der Waals surface area contributed by atoms with E-state index >= 15 is 0 Å². The topological polar surface area (TPSA) is 13.1 Å². The lowest BCUT2D eigenvalue weighted by Crippen LogP contribution is -1.91. The Morgan fingerprint density at radius 3 is 2.91 bits per heavy atom. The van der Waals surface area contributed by atoms with Gasteiger partial charge in [0, 0.05) is 4.83 Å². The maximum Gasteiger partial charge on any atom is 0.0937 e. The van der Waals surface area contributed by atoms with Crippen molar-refractivity contribution in [1.29, 1.82) is 0 Å². The van der Waals surface area contributed by atoms with E-state index in [-0.39, 0.29) is 0 Å². The number of hydrogen-bond acceptors (Lipinski definition) is 1. The summed E-state index contributed by atoms with van der Waals surface area (Å²) in [6.45, 7) is 0. The quantitative estimate of drug-likeness (QED) is 0.655. The first-order valence-electron chi connectivity index (χ1n) is 4.02. The van der Waals surface area contributed by atoms with Crippen LogP contribution >= 0.6 is 15.9 Å². The molecule has 0 saturated heterocycles. The van der Waals surface area contributed by atoms with Crippen LogP contribution in [0.3, 0.4) is 0 Å². The number of alkyl halides is 1. The number of halogens is 1. The lowest BCUT2D eigenvalue weighted by molar-refractivity contribution is 0.558. The van der Waals surface area contributed by atoms with Crippen molar-refractivity contribution in [3.05, 3.63) is 24.2 Å². The second-order valence-corrected chi connectivity index (χ2v) is 4.46. The van der Waals surface area contributed by atoms with E-state index in [0.29, 0.717) is 0 Å². The van der Waals surface area contributed by atoms with Crippen molar-refractivity contribution < 1.29 is 4.42 Å².